The van der Waals surface area contributed by atoms with E-state index in [1.807, 2.05) is 0 Å². The quantitative estimate of drug-likeness (QED) is 0.550. The molecule has 0 saturated carbocycles. The van der Waals surface area contributed by atoms with E-state index in [1.165, 1.54) is 0 Å². The van der Waals surface area contributed by atoms with Crippen molar-refractivity contribution >= 4 is 22.9 Å². The molecule has 0 aliphatic carbocycles. The molecule has 74 valence electrons. The Hall–Kier alpha value is 0.570. The van der Waals surface area contributed by atoms with Crippen molar-refractivity contribution in [3.63, 3.8) is 0 Å². The summed E-state index contributed by atoms with van der Waals surface area (Å²) in [6, 6.07) is 0. The van der Waals surface area contributed by atoms with Crippen molar-refractivity contribution in [1.82, 2.24) is 3.53 Å². The Kier molecular flexibility index (Phi) is 7.35. The lowest BCUT2D eigenvalue weighted by Gasteiger charge is -2.29. The molecule has 0 aliphatic heterocycles. The van der Waals surface area contributed by atoms with Crippen molar-refractivity contribution in [2.75, 3.05) is 41.2 Å². The molecule has 0 rings (SSSR count). The summed E-state index contributed by atoms with van der Waals surface area (Å²) in [5.41, 5.74) is -0.237. The molecule has 0 aromatic rings. The van der Waals surface area contributed by atoms with Gasteiger partial charge in [0.15, 0.2) is 0 Å². The minimum atomic E-state index is -0.237. The van der Waals surface area contributed by atoms with Crippen LogP contribution in [0.25, 0.3) is 0 Å². The van der Waals surface area contributed by atoms with Crippen molar-refractivity contribution < 1.29 is 14.2 Å². The van der Waals surface area contributed by atoms with Crippen LogP contribution >= 0.6 is 22.9 Å². The van der Waals surface area contributed by atoms with Crippen LogP contribution in [0.4, 0.5) is 0 Å². The predicted molar refractivity (Wildman–Crippen MR) is 55.5 cm³/mol. The highest BCUT2D eigenvalue weighted by molar-refractivity contribution is 14.1. The smallest absolute Gasteiger partial charge is 0.0972 e. The van der Waals surface area contributed by atoms with Gasteiger partial charge in [-0.15, -0.1) is 0 Å². The molecule has 0 saturated heterocycles. The highest BCUT2D eigenvalue weighted by Crippen LogP contribution is 2.08. The Morgan fingerprint density at radius 2 is 1.33 bits per heavy atom. The van der Waals surface area contributed by atoms with E-state index in [0.29, 0.717) is 19.8 Å². The van der Waals surface area contributed by atoms with Crippen LogP contribution in [0.15, 0.2) is 0 Å². The number of ether oxygens (including phenoxy) is 3. The Morgan fingerprint density at radius 3 is 1.50 bits per heavy atom. The summed E-state index contributed by atoms with van der Waals surface area (Å²) in [5, 5.41) is 0. The van der Waals surface area contributed by atoms with E-state index in [9.17, 15) is 0 Å². The number of hydrogen-bond donors (Lipinski definition) is 1. The summed E-state index contributed by atoms with van der Waals surface area (Å²) in [6.45, 7) is 1.70. The maximum Gasteiger partial charge on any atom is 0.0972 e. The van der Waals surface area contributed by atoms with E-state index in [0.717, 1.165) is 0 Å². The first-order chi connectivity index (χ1) is 5.74. The lowest BCUT2D eigenvalue weighted by atomic mass is 10.1. The summed E-state index contributed by atoms with van der Waals surface area (Å²) in [7, 11) is 4.98. The molecule has 0 bridgehead atoms. The van der Waals surface area contributed by atoms with Gasteiger partial charge in [-0.2, -0.15) is 0 Å². The third-order valence-corrected chi connectivity index (χ3v) is 2.61. The van der Waals surface area contributed by atoms with Gasteiger partial charge in [-0.3, -0.25) is 0 Å². The predicted octanol–water partition coefficient (Wildman–Crippen LogP) is 0.604. The molecule has 0 unspecified atom stereocenters. The molecule has 12 heavy (non-hydrogen) atoms. The Morgan fingerprint density at radius 1 is 1.00 bits per heavy atom. The van der Waals surface area contributed by atoms with Gasteiger partial charge in [0.25, 0.3) is 0 Å². The van der Waals surface area contributed by atoms with Crippen LogP contribution in [0.1, 0.15) is 0 Å². The lowest BCUT2D eigenvalue weighted by Crippen LogP contribution is -2.52. The number of nitrogens with one attached hydrogen (secondary N) is 1. The highest BCUT2D eigenvalue weighted by Gasteiger charge is 2.29. The van der Waals surface area contributed by atoms with E-state index < -0.39 is 0 Å². The van der Waals surface area contributed by atoms with E-state index in [4.69, 9.17) is 14.2 Å². The van der Waals surface area contributed by atoms with Crippen molar-refractivity contribution in [1.29, 1.82) is 0 Å². The molecule has 0 atom stereocenters. The molecule has 1 N–H and O–H groups in total. The van der Waals surface area contributed by atoms with Gasteiger partial charge in [0.2, 0.25) is 0 Å². The molecule has 0 fully saturated rings. The van der Waals surface area contributed by atoms with E-state index in [2.05, 4.69) is 26.4 Å². The second-order valence-electron chi connectivity index (χ2n) is 2.67. The van der Waals surface area contributed by atoms with Crippen molar-refractivity contribution in [3.05, 3.63) is 0 Å². The third kappa shape index (κ3) is 3.99. The number of methoxy groups -OCH3 is 3. The average Bonchev–Trinajstić information content (AvgIpc) is 2.06. The van der Waals surface area contributed by atoms with Gasteiger partial charge in [0, 0.05) is 44.2 Å². The minimum Gasteiger partial charge on any atom is -0.383 e. The standard InChI is InChI=1S/C7H16INO3/c1-10-4-7(9-8,5-11-2)6-12-3/h9H,4-6H2,1-3H3. The molecule has 0 aromatic carbocycles. The third-order valence-electron chi connectivity index (χ3n) is 1.46. The molecule has 0 aliphatic rings. The second-order valence-corrected chi connectivity index (χ2v) is 3.21. The first kappa shape index (κ1) is 12.6. The molecular formula is C7H16INO3. The van der Waals surface area contributed by atoms with Crippen LogP contribution in [0.3, 0.4) is 0 Å². The molecule has 0 spiro atoms. The van der Waals surface area contributed by atoms with E-state index >= 15 is 0 Å². The van der Waals surface area contributed by atoms with Gasteiger partial charge in [0.05, 0.1) is 25.4 Å². The van der Waals surface area contributed by atoms with Gasteiger partial charge >= 0.3 is 0 Å². The van der Waals surface area contributed by atoms with Crippen molar-refractivity contribution in [2.24, 2.45) is 0 Å². The molecule has 0 amide bonds. The average molecular weight is 289 g/mol. The number of hydrogen-bond acceptors (Lipinski definition) is 4. The monoisotopic (exact) mass is 289 g/mol. The number of rotatable bonds is 7. The van der Waals surface area contributed by atoms with Crippen molar-refractivity contribution in [2.45, 2.75) is 5.54 Å². The van der Waals surface area contributed by atoms with Gasteiger partial charge < -0.3 is 14.2 Å². The minimum absolute atomic E-state index is 0.237. The van der Waals surface area contributed by atoms with Crippen LogP contribution in [0.2, 0.25) is 0 Å². The Labute approximate surface area is 87.4 Å². The molecule has 0 aromatic heterocycles. The zero-order chi connectivity index (χ0) is 9.45. The second kappa shape index (κ2) is 7.02. The van der Waals surface area contributed by atoms with E-state index in [-0.39, 0.29) is 5.54 Å². The van der Waals surface area contributed by atoms with Gasteiger partial charge in [-0.05, 0) is 0 Å². The van der Waals surface area contributed by atoms with Crippen LogP contribution in [0.5, 0.6) is 0 Å². The fraction of sp³-hybridized carbons (Fsp3) is 1.00. The SMILES string of the molecule is COCC(COC)(COC)NI. The highest BCUT2D eigenvalue weighted by atomic mass is 127. The maximum atomic E-state index is 5.08. The van der Waals surface area contributed by atoms with Gasteiger partial charge in [-0.25, -0.2) is 3.53 Å². The fourth-order valence-electron chi connectivity index (χ4n) is 1.04. The molecule has 5 heteroatoms. The normalized spacial score (nSPS) is 12.0. The zero-order valence-corrected chi connectivity index (χ0v) is 9.88. The van der Waals surface area contributed by atoms with Gasteiger partial charge in [0.1, 0.15) is 0 Å². The fourth-order valence-corrected chi connectivity index (χ4v) is 1.50. The largest absolute Gasteiger partial charge is 0.383 e. The summed E-state index contributed by atoms with van der Waals surface area (Å²) in [6.07, 6.45) is 0. The Balaban J connectivity index is 4.06. The summed E-state index contributed by atoms with van der Waals surface area (Å²) in [4.78, 5) is 0. The van der Waals surface area contributed by atoms with Crippen LogP contribution in [-0.2, 0) is 14.2 Å². The van der Waals surface area contributed by atoms with Crippen molar-refractivity contribution in [3.8, 4) is 0 Å². The summed E-state index contributed by atoms with van der Waals surface area (Å²) < 4.78 is 18.3. The summed E-state index contributed by atoms with van der Waals surface area (Å²) in [5.74, 6) is 0. The maximum absolute atomic E-state index is 5.08. The first-order valence-corrected chi connectivity index (χ1v) is 4.67. The topological polar surface area (TPSA) is 39.7 Å². The van der Waals surface area contributed by atoms with Crippen LogP contribution in [-0.4, -0.2) is 46.7 Å². The molecule has 0 radical (unpaired) electrons. The van der Waals surface area contributed by atoms with E-state index in [1.54, 1.807) is 21.3 Å². The van der Waals surface area contributed by atoms with Crippen LogP contribution in [0, 0.1) is 0 Å². The summed E-state index contributed by atoms with van der Waals surface area (Å²) >= 11 is 2.08. The molecular weight excluding hydrogens is 273 g/mol. The molecule has 0 heterocycles. The van der Waals surface area contributed by atoms with Gasteiger partial charge in [-0.1, -0.05) is 0 Å². The Bertz CT molecular complexity index is 95.8. The first-order valence-electron chi connectivity index (χ1n) is 3.59. The zero-order valence-electron chi connectivity index (χ0n) is 7.72. The molecule has 4 nitrogen and oxygen atoms in total. The lowest BCUT2D eigenvalue weighted by molar-refractivity contribution is 0.0104. The van der Waals surface area contributed by atoms with Crippen LogP contribution < -0.4 is 3.53 Å². The number of halogens is 1.